The summed E-state index contributed by atoms with van der Waals surface area (Å²) < 4.78 is 10.4. The molecule has 0 saturated heterocycles. The van der Waals surface area contributed by atoms with Gasteiger partial charge in [0.05, 0.1) is 6.23 Å². The van der Waals surface area contributed by atoms with Crippen LogP contribution in [0.15, 0.2) is 12.7 Å². The molecule has 0 N–H and O–H groups in total. The Hall–Kier alpha value is -0.613. The van der Waals surface area contributed by atoms with Gasteiger partial charge in [-0.05, 0) is 6.92 Å². The molecule has 3 nitrogen and oxygen atoms in total. The Morgan fingerprint density at radius 1 is 1.43 bits per heavy atom. The van der Waals surface area contributed by atoms with E-state index in [1.54, 1.807) is 0 Å². The van der Waals surface area contributed by atoms with Crippen molar-refractivity contribution in [1.82, 2.24) is 0 Å². The van der Waals surface area contributed by atoms with Gasteiger partial charge in [0.2, 0.25) is 0 Å². The van der Waals surface area contributed by atoms with Crippen LogP contribution in [0.25, 0.3) is 0 Å². The highest BCUT2D eigenvalue weighted by molar-refractivity contribution is 6.58. The molecule has 0 heterocycles. The van der Waals surface area contributed by atoms with Gasteiger partial charge in [0, 0.05) is 18.9 Å². The third-order valence-electron chi connectivity index (χ3n) is 1.88. The van der Waals surface area contributed by atoms with Gasteiger partial charge >= 0.3 is 5.97 Å². The van der Waals surface area contributed by atoms with Gasteiger partial charge in [-0.15, -0.1) is 0 Å². The van der Waals surface area contributed by atoms with E-state index < -0.39 is 8.80 Å². The Bertz CT molecular complexity index is 171. The molecule has 1 atom stereocenters. The van der Waals surface area contributed by atoms with E-state index in [0.29, 0.717) is 6.23 Å². The smallest absolute Gasteiger partial charge is 0.329 e. The lowest BCUT2D eigenvalue weighted by Gasteiger charge is -2.13. The Labute approximate surface area is 87.7 Å². The fraction of sp³-hybridized carbons (Fsp3) is 0.700. The molecule has 0 rings (SSSR count). The predicted molar refractivity (Wildman–Crippen MR) is 59.9 cm³/mol. The van der Waals surface area contributed by atoms with Crippen molar-refractivity contribution in [2.45, 2.75) is 26.3 Å². The van der Waals surface area contributed by atoms with Gasteiger partial charge in [0.1, 0.15) is 8.80 Å². The summed E-state index contributed by atoms with van der Waals surface area (Å²) >= 11 is 0. The molecule has 0 aromatic carbocycles. The molecule has 0 saturated carbocycles. The van der Waals surface area contributed by atoms with Crippen molar-refractivity contribution in [3.05, 3.63) is 12.7 Å². The van der Waals surface area contributed by atoms with E-state index in [1.165, 1.54) is 6.08 Å². The quantitative estimate of drug-likeness (QED) is 0.350. The first kappa shape index (κ1) is 13.4. The molecule has 0 aliphatic rings. The fourth-order valence-corrected chi connectivity index (χ4v) is 3.38. The number of hydrogen-bond acceptors (Lipinski definition) is 3. The molecular formula is C10H20O3Si. The molecule has 1 unspecified atom stereocenters. The number of rotatable bonds is 8. The highest BCUT2D eigenvalue weighted by atomic mass is 28.3. The summed E-state index contributed by atoms with van der Waals surface area (Å²) in [7, 11) is -1.03. The summed E-state index contributed by atoms with van der Waals surface area (Å²) in [5.74, 6) is -0.324. The molecule has 0 aromatic rings. The largest absolute Gasteiger partial charge is 0.467 e. The average Bonchev–Trinajstić information content (AvgIpc) is 2.21. The maximum Gasteiger partial charge on any atom is 0.329 e. The number of carbonyl (C=O) groups excluding carboxylic acids is 1. The lowest BCUT2D eigenvalue weighted by Crippen LogP contribution is -2.28. The Balaban J connectivity index is 3.71. The van der Waals surface area contributed by atoms with Gasteiger partial charge in [0.15, 0.2) is 0 Å². The van der Waals surface area contributed by atoms with E-state index in [1.807, 2.05) is 6.92 Å². The minimum absolute atomic E-state index is 0.324. The summed E-state index contributed by atoms with van der Waals surface area (Å²) in [4.78, 5) is 10.8. The first-order valence-corrected chi connectivity index (χ1v) is 7.56. The van der Waals surface area contributed by atoms with Crippen molar-refractivity contribution in [3.8, 4) is 0 Å². The molecule has 0 fully saturated rings. The molecule has 0 bridgehead atoms. The molecular weight excluding hydrogens is 196 g/mol. The van der Waals surface area contributed by atoms with Crippen molar-refractivity contribution in [2.75, 3.05) is 19.1 Å². The SMILES string of the molecule is C=CC(=O)OC[SiH](CCC)COCC. The van der Waals surface area contributed by atoms with Crippen LogP contribution in [0.1, 0.15) is 20.3 Å². The van der Waals surface area contributed by atoms with Crippen LogP contribution in [0.5, 0.6) is 0 Å². The molecule has 0 aromatic heterocycles. The summed E-state index contributed by atoms with van der Waals surface area (Å²) in [6.07, 6.45) is 3.71. The maximum atomic E-state index is 10.8. The predicted octanol–water partition coefficient (Wildman–Crippen LogP) is 1.47. The van der Waals surface area contributed by atoms with Crippen molar-refractivity contribution in [1.29, 1.82) is 0 Å². The molecule has 0 radical (unpaired) electrons. The van der Waals surface area contributed by atoms with Gasteiger partial charge in [-0.25, -0.2) is 4.79 Å². The van der Waals surface area contributed by atoms with Crippen LogP contribution in [0.4, 0.5) is 0 Å². The normalized spacial score (nSPS) is 12.1. The monoisotopic (exact) mass is 216 g/mol. The molecule has 82 valence electrons. The zero-order valence-corrected chi connectivity index (χ0v) is 10.3. The second kappa shape index (κ2) is 8.96. The van der Waals surface area contributed by atoms with E-state index in [9.17, 15) is 4.79 Å². The topological polar surface area (TPSA) is 35.5 Å². The maximum absolute atomic E-state index is 10.8. The van der Waals surface area contributed by atoms with E-state index in [-0.39, 0.29) is 5.97 Å². The summed E-state index contributed by atoms with van der Waals surface area (Å²) in [5.41, 5.74) is 0. The second-order valence-electron chi connectivity index (χ2n) is 3.15. The first-order valence-electron chi connectivity index (χ1n) is 5.11. The fourth-order valence-electron chi connectivity index (χ4n) is 1.17. The summed E-state index contributed by atoms with van der Waals surface area (Å²) in [5, 5.41) is 0. The lowest BCUT2D eigenvalue weighted by molar-refractivity contribution is -0.135. The number of carbonyl (C=O) groups is 1. The molecule has 0 aliphatic carbocycles. The Kier molecular flexibility index (Phi) is 8.57. The van der Waals surface area contributed by atoms with Gasteiger partial charge in [0.25, 0.3) is 0 Å². The van der Waals surface area contributed by atoms with Gasteiger partial charge in [-0.3, -0.25) is 0 Å². The zero-order chi connectivity index (χ0) is 10.8. The molecule has 0 amide bonds. The van der Waals surface area contributed by atoms with E-state index in [0.717, 1.165) is 25.3 Å². The van der Waals surface area contributed by atoms with Crippen molar-refractivity contribution in [3.63, 3.8) is 0 Å². The van der Waals surface area contributed by atoms with Gasteiger partial charge in [-0.2, -0.15) is 0 Å². The van der Waals surface area contributed by atoms with Crippen LogP contribution in [0, 0.1) is 0 Å². The molecule has 0 aliphatic heterocycles. The average molecular weight is 216 g/mol. The van der Waals surface area contributed by atoms with Crippen molar-refractivity contribution in [2.24, 2.45) is 0 Å². The van der Waals surface area contributed by atoms with E-state index in [4.69, 9.17) is 9.47 Å². The van der Waals surface area contributed by atoms with Crippen molar-refractivity contribution >= 4 is 14.8 Å². The van der Waals surface area contributed by atoms with Crippen LogP contribution in [-0.2, 0) is 14.3 Å². The van der Waals surface area contributed by atoms with Gasteiger partial charge < -0.3 is 9.47 Å². The van der Waals surface area contributed by atoms with Crippen LogP contribution in [0.2, 0.25) is 6.04 Å². The molecule has 0 spiro atoms. The van der Waals surface area contributed by atoms with Gasteiger partial charge in [-0.1, -0.05) is 26.0 Å². The van der Waals surface area contributed by atoms with E-state index in [2.05, 4.69) is 13.5 Å². The summed E-state index contributed by atoms with van der Waals surface area (Å²) in [6, 6.07) is 1.16. The standard InChI is InChI=1S/C10H20O3Si/c1-4-7-14(8-12-6-3)9-13-10(11)5-2/h5,14H,2,4,6-9H2,1,3H3. The second-order valence-corrected chi connectivity index (χ2v) is 6.12. The minimum atomic E-state index is -1.03. The molecule has 4 heteroatoms. The highest BCUT2D eigenvalue weighted by Crippen LogP contribution is 1.99. The van der Waals surface area contributed by atoms with Crippen LogP contribution >= 0.6 is 0 Å². The third-order valence-corrected chi connectivity index (χ3v) is 4.62. The lowest BCUT2D eigenvalue weighted by atomic mass is 10.6. The highest BCUT2D eigenvalue weighted by Gasteiger charge is 2.12. The van der Waals surface area contributed by atoms with Crippen LogP contribution < -0.4 is 0 Å². The number of esters is 1. The number of ether oxygens (including phenoxy) is 2. The molecule has 14 heavy (non-hydrogen) atoms. The first-order chi connectivity index (χ1) is 6.74. The van der Waals surface area contributed by atoms with Crippen LogP contribution in [-0.4, -0.2) is 33.8 Å². The Morgan fingerprint density at radius 2 is 2.14 bits per heavy atom. The van der Waals surface area contributed by atoms with E-state index >= 15 is 0 Å². The third kappa shape index (κ3) is 6.86. The zero-order valence-electron chi connectivity index (χ0n) is 9.12. The Morgan fingerprint density at radius 3 is 2.64 bits per heavy atom. The number of hydrogen-bond donors (Lipinski definition) is 0. The van der Waals surface area contributed by atoms with Crippen LogP contribution in [0.3, 0.4) is 0 Å². The van der Waals surface area contributed by atoms with Crippen molar-refractivity contribution < 1.29 is 14.3 Å². The minimum Gasteiger partial charge on any atom is -0.467 e. The summed E-state index contributed by atoms with van der Waals surface area (Å²) in [6.45, 7) is 8.21.